The van der Waals surface area contributed by atoms with Crippen molar-refractivity contribution in [3.05, 3.63) is 27.2 Å². The van der Waals surface area contributed by atoms with Gasteiger partial charge in [0.25, 0.3) is 0 Å². The fourth-order valence-electron chi connectivity index (χ4n) is 1.74. The van der Waals surface area contributed by atoms with E-state index >= 15 is 0 Å². The van der Waals surface area contributed by atoms with Gasteiger partial charge in [-0.25, -0.2) is 0 Å². The number of anilines is 1. The van der Waals surface area contributed by atoms with E-state index in [4.69, 9.17) is 5.73 Å². The summed E-state index contributed by atoms with van der Waals surface area (Å²) in [6.45, 7) is 4.13. The van der Waals surface area contributed by atoms with Crippen LogP contribution in [0.25, 0.3) is 9.40 Å². The minimum absolute atomic E-state index is 0.805. The van der Waals surface area contributed by atoms with Crippen LogP contribution in [0.1, 0.15) is 21.8 Å². The highest BCUT2D eigenvalue weighted by atomic mass is 32.1. The first-order valence-corrected chi connectivity index (χ1v) is 7.62. The summed E-state index contributed by atoms with van der Waals surface area (Å²) in [5.74, 6) is 0. The lowest BCUT2D eigenvalue weighted by Gasteiger charge is -1.96. The van der Waals surface area contributed by atoms with Gasteiger partial charge in [0.05, 0.1) is 38.2 Å². The number of aromatic nitrogens is 2. The van der Waals surface area contributed by atoms with E-state index in [2.05, 4.69) is 21.1 Å². The van der Waals surface area contributed by atoms with Crippen LogP contribution in [0.3, 0.4) is 0 Å². The zero-order valence-electron chi connectivity index (χ0n) is 9.48. The van der Waals surface area contributed by atoms with Crippen molar-refractivity contribution < 1.29 is 0 Å². The van der Waals surface area contributed by atoms with Gasteiger partial charge in [-0.05, 0) is 24.8 Å². The molecule has 0 bridgehead atoms. The average molecular weight is 281 g/mol. The Hall–Kier alpha value is -0.980. The number of aryl methyl sites for hydroxylation is 2. The van der Waals surface area contributed by atoms with Gasteiger partial charge in [0, 0.05) is 11.3 Å². The molecule has 3 nitrogen and oxygen atoms in total. The number of hydrogen-bond acceptors (Lipinski definition) is 6. The zero-order chi connectivity index (χ0) is 12.0. The van der Waals surface area contributed by atoms with Crippen molar-refractivity contribution in [2.75, 3.05) is 5.73 Å². The highest BCUT2D eigenvalue weighted by Crippen LogP contribution is 2.40. The summed E-state index contributed by atoms with van der Waals surface area (Å²) in [6.07, 6.45) is 0.805. The maximum Gasteiger partial charge on any atom is 0.0824 e. The van der Waals surface area contributed by atoms with Crippen LogP contribution < -0.4 is 5.73 Å². The van der Waals surface area contributed by atoms with E-state index in [1.807, 2.05) is 6.92 Å². The molecule has 0 saturated carbocycles. The first-order valence-electron chi connectivity index (χ1n) is 5.19. The van der Waals surface area contributed by atoms with E-state index in [1.54, 1.807) is 22.7 Å². The molecule has 88 valence electrons. The van der Waals surface area contributed by atoms with Gasteiger partial charge in [-0.15, -0.1) is 22.7 Å². The van der Waals surface area contributed by atoms with Gasteiger partial charge in [-0.2, -0.15) is 8.75 Å². The van der Waals surface area contributed by atoms with Crippen molar-refractivity contribution in [3.8, 4) is 0 Å². The highest BCUT2D eigenvalue weighted by Gasteiger charge is 2.15. The molecular weight excluding hydrogens is 270 g/mol. The van der Waals surface area contributed by atoms with Crippen molar-refractivity contribution in [2.45, 2.75) is 20.3 Å². The fraction of sp³-hybridized carbons (Fsp3) is 0.273. The third kappa shape index (κ3) is 1.76. The molecular formula is C11H11N3S3. The Bertz CT molecular complexity index is 677. The molecule has 17 heavy (non-hydrogen) atoms. The van der Waals surface area contributed by atoms with Crippen molar-refractivity contribution >= 4 is 49.5 Å². The molecule has 0 radical (unpaired) electrons. The lowest BCUT2D eigenvalue weighted by molar-refractivity contribution is 1.11. The Morgan fingerprint density at radius 2 is 2.06 bits per heavy atom. The minimum Gasteiger partial charge on any atom is -0.397 e. The zero-order valence-corrected chi connectivity index (χ0v) is 11.9. The van der Waals surface area contributed by atoms with E-state index in [9.17, 15) is 0 Å². The second kappa shape index (κ2) is 4.04. The number of nitrogens with zero attached hydrogens (tertiary/aromatic N) is 2. The van der Waals surface area contributed by atoms with Gasteiger partial charge >= 0.3 is 0 Å². The lowest BCUT2D eigenvalue weighted by Crippen LogP contribution is -1.92. The molecule has 2 N–H and O–H groups in total. The predicted molar refractivity (Wildman–Crippen MR) is 76.3 cm³/mol. The van der Waals surface area contributed by atoms with Crippen molar-refractivity contribution in [3.63, 3.8) is 0 Å². The Kier molecular flexibility index (Phi) is 2.65. The second-order valence-electron chi connectivity index (χ2n) is 3.99. The van der Waals surface area contributed by atoms with Crippen LogP contribution in [0.15, 0.2) is 5.38 Å². The van der Waals surface area contributed by atoms with Gasteiger partial charge in [0.2, 0.25) is 0 Å². The molecule has 0 aliphatic heterocycles. The third-order valence-corrected chi connectivity index (χ3v) is 6.02. The fourth-order valence-corrected chi connectivity index (χ4v) is 4.74. The molecule has 0 atom stereocenters. The topological polar surface area (TPSA) is 51.8 Å². The molecule has 0 aliphatic rings. The summed E-state index contributed by atoms with van der Waals surface area (Å²) in [5.41, 5.74) is 10.5. The number of hydrogen-bond donors (Lipinski definition) is 1. The maximum absolute atomic E-state index is 6.20. The lowest BCUT2D eigenvalue weighted by atomic mass is 10.2. The van der Waals surface area contributed by atoms with Gasteiger partial charge in [0.15, 0.2) is 0 Å². The van der Waals surface area contributed by atoms with Gasteiger partial charge in [0.1, 0.15) is 0 Å². The van der Waals surface area contributed by atoms with E-state index in [0.717, 1.165) is 23.5 Å². The van der Waals surface area contributed by atoms with Gasteiger partial charge < -0.3 is 5.73 Å². The molecule has 3 aromatic heterocycles. The molecule has 0 amide bonds. The summed E-state index contributed by atoms with van der Waals surface area (Å²) >= 11 is 4.79. The Morgan fingerprint density at radius 1 is 1.24 bits per heavy atom. The Balaban J connectivity index is 2.06. The van der Waals surface area contributed by atoms with Crippen LogP contribution in [-0.2, 0) is 6.42 Å². The third-order valence-electron chi connectivity index (χ3n) is 2.76. The van der Waals surface area contributed by atoms with Crippen LogP contribution in [0.4, 0.5) is 5.69 Å². The van der Waals surface area contributed by atoms with E-state index in [1.165, 1.54) is 31.6 Å². The van der Waals surface area contributed by atoms with Crippen LogP contribution in [-0.4, -0.2) is 8.75 Å². The first kappa shape index (κ1) is 11.1. The molecule has 0 saturated heterocycles. The van der Waals surface area contributed by atoms with Crippen LogP contribution in [0.2, 0.25) is 0 Å². The molecule has 0 aromatic carbocycles. The maximum atomic E-state index is 6.20. The Labute approximate surface area is 111 Å². The van der Waals surface area contributed by atoms with Crippen molar-refractivity contribution in [2.24, 2.45) is 0 Å². The summed E-state index contributed by atoms with van der Waals surface area (Å²) in [4.78, 5) is 1.21. The van der Waals surface area contributed by atoms with Crippen LogP contribution >= 0.6 is 34.4 Å². The predicted octanol–water partition coefficient (Wildman–Crippen LogP) is 3.60. The second-order valence-corrected chi connectivity index (χ2v) is 6.50. The molecule has 3 heterocycles. The Morgan fingerprint density at radius 3 is 2.71 bits per heavy atom. The van der Waals surface area contributed by atoms with Gasteiger partial charge in [-0.3, -0.25) is 0 Å². The van der Waals surface area contributed by atoms with Crippen molar-refractivity contribution in [1.82, 2.24) is 8.75 Å². The number of thiophene rings is 2. The molecule has 0 unspecified atom stereocenters. The largest absolute Gasteiger partial charge is 0.397 e. The summed E-state index contributed by atoms with van der Waals surface area (Å²) in [5, 5.41) is 2.16. The van der Waals surface area contributed by atoms with Crippen molar-refractivity contribution in [1.29, 1.82) is 0 Å². The minimum atomic E-state index is 0.805. The SMILES string of the molecule is Cc1nsnc1Cc1sc2c(C)csc2c1N. The highest BCUT2D eigenvalue weighted by molar-refractivity contribution is 7.28. The molecule has 0 aliphatic carbocycles. The molecule has 0 spiro atoms. The van der Waals surface area contributed by atoms with E-state index < -0.39 is 0 Å². The van der Waals surface area contributed by atoms with Gasteiger partial charge in [-0.1, -0.05) is 0 Å². The quantitative estimate of drug-likeness (QED) is 0.780. The number of nitrogens with two attached hydrogens (primary N) is 1. The number of fused-ring (bicyclic) bond motifs is 1. The average Bonchev–Trinajstić information content (AvgIpc) is 2.93. The standard InChI is InChI=1S/C11H11N3S3/c1-5-4-15-11-9(12)8(16-10(5)11)3-7-6(2)13-17-14-7/h4H,3,12H2,1-2H3. The van der Waals surface area contributed by atoms with Crippen LogP contribution in [0.5, 0.6) is 0 Å². The number of rotatable bonds is 2. The first-order chi connectivity index (χ1) is 8.16. The molecule has 3 rings (SSSR count). The summed E-state index contributed by atoms with van der Waals surface area (Å²) in [7, 11) is 0. The smallest absolute Gasteiger partial charge is 0.0824 e. The normalized spacial score (nSPS) is 11.4. The number of nitrogen functional groups attached to an aromatic ring is 1. The summed E-state index contributed by atoms with van der Waals surface area (Å²) in [6, 6.07) is 0. The molecule has 6 heteroatoms. The molecule has 3 aromatic rings. The van der Waals surface area contributed by atoms with Crippen LogP contribution in [0, 0.1) is 13.8 Å². The van der Waals surface area contributed by atoms with E-state index in [-0.39, 0.29) is 0 Å². The van der Waals surface area contributed by atoms with E-state index in [0.29, 0.717) is 0 Å². The monoisotopic (exact) mass is 281 g/mol. The molecule has 0 fully saturated rings. The summed E-state index contributed by atoms with van der Waals surface area (Å²) < 4.78 is 11.1.